The smallest absolute Gasteiger partial charge is 0.231 e. The van der Waals surface area contributed by atoms with E-state index in [1.807, 2.05) is 54.7 Å². The highest BCUT2D eigenvalue weighted by molar-refractivity contribution is 5.88. The Morgan fingerprint density at radius 2 is 1.61 bits per heavy atom. The predicted molar refractivity (Wildman–Crippen MR) is 166 cm³/mol. The lowest BCUT2D eigenvalue weighted by Crippen LogP contribution is -2.33. The minimum atomic E-state index is 0.0503. The van der Waals surface area contributed by atoms with Crippen LogP contribution in [0.15, 0.2) is 72.9 Å². The van der Waals surface area contributed by atoms with Crippen LogP contribution in [-0.4, -0.2) is 44.5 Å². The Morgan fingerprint density at radius 1 is 0.795 bits per heavy atom. The molecule has 0 spiro atoms. The summed E-state index contributed by atoms with van der Waals surface area (Å²) in [5, 5.41) is 1.99. The molecular formula is C36H32N2O6. The summed E-state index contributed by atoms with van der Waals surface area (Å²) in [4.78, 5) is 7.19. The summed E-state index contributed by atoms with van der Waals surface area (Å²) in [6.07, 6.45) is 4.08. The first-order chi connectivity index (χ1) is 21.6. The molecule has 222 valence electrons. The number of methoxy groups -OCH3 is 2. The normalized spacial score (nSPS) is 16.9. The standard InChI is InChI=1S/C36H32N2O6/c1-38-13-11-24-18-33-35(42-20-41-33)36-34(24)28(38)15-21-4-7-25(8-5-21)43-31-16-22(6-9-29(31)39-2)14-27-26-19-32(44-36)30(40-3)17-23(26)10-12-37-27/h4-10,12,16-19,28H,11,13-15,20H2,1-3H3/t28-/m1/s1. The van der Waals surface area contributed by atoms with Crippen molar-refractivity contribution >= 4 is 10.8 Å². The van der Waals surface area contributed by atoms with Gasteiger partial charge in [-0.2, -0.15) is 0 Å². The van der Waals surface area contributed by atoms with E-state index in [0.717, 1.165) is 52.7 Å². The number of hydrogen-bond acceptors (Lipinski definition) is 8. The lowest BCUT2D eigenvalue weighted by Gasteiger charge is -2.36. The number of ether oxygens (including phenoxy) is 6. The van der Waals surface area contributed by atoms with Crippen LogP contribution in [0.4, 0.5) is 0 Å². The Hall–Kier alpha value is -4.95. The average Bonchev–Trinajstić information content (AvgIpc) is 3.52. The minimum absolute atomic E-state index is 0.0503. The molecule has 8 nitrogen and oxygen atoms in total. The van der Waals surface area contributed by atoms with E-state index < -0.39 is 0 Å². The Labute approximate surface area is 255 Å². The summed E-state index contributed by atoms with van der Waals surface area (Å²) in [5.41, 5.74) is 5.45. The van der Waals surface area contributed by atoms with Crippen molar-refractivity contribution in [3.05, 3.63) is 101 Å². The molecule has 5 aromatic rings. The molecular weight excluding hydrogens is 556 g/mol. The van der Waals surface area contributed by atoms with Crippen molar-refractivity contribution in [2.24, 2.45) is 0 Å². The molecule has 1 aromatic heterocycles. The fourth-order valence-electron chi connectivity index (χ4n) is 6.56. The summed E-state index contributed by atoms with van der Waals surface area (Å²) >= 11 is 0. The van der Waals surface area contributed by atoms with Gasteiger partial charge in [-0.05, 0) is 90.5 Å². The van der Waals surface area contributed by atoms with E-state index in [1.165, 1.54) is 11.1 Å². The summed E-state index contributed by atoms with van der Waals surface area (Å²) < 4.78 is 36.8. The number of aromatic nitrogens is 1. The number of fused-ring (bicyclic) bond motifs is 3. The fraction of sp³-hybridized carbons (Fsp3) is 0.250. The minimum Gasteiger partial charge on any atom is -0.493 e. The van der Waals surface area contributed by atoms with E-state index in [0.29, 0.717) is 46.7 Å². The second-order valence-corrected chi connectivity index (χ2v) is 11.5. The van der Waals surface area contributed by atoms with E-state index in [1.54, 1.807) is 14.2 Å². The molecule has 4 aliphatic rings. The van der Waals surface area contributed by atoms with Crippen molar-refractivity contribution in [2.45, 2.75) is 25.3 Å². The lowest BCUT2D eigenvalue weighted by atomic mass is 9.87. The van der Waals surface area contributed by atoms with Crippen LogP contribution in [0.5, 0.6) is 46.0 Å². The SMILES string of the molecule is COc1ccc2cc1Oc1ccc(cc1)C[C@@H]1c3c(cc4c(c3Oc3cc5c(nccc5cc3OC)C2)OCO4)CCN1C. The molecule has 8 heteroatoms. The Bertz CT molecular complexity index is 1900. The van der Waals surface area contributed by atoms with Crippen LogP contribution in [0.25, 0.3) is 10.8 Å². The zero-order valence-corrected chi connectivity index (χ0v) is 24.9. The molecule has 4 aromatic carbocycles. The van der Waals surface area contributed by atoms with Gasteiger partial charge in [-0.25, -0.2) is 0 Å². The van der Waals surface area contributed by atoms with E-state index in [4.69, 9.17) is 33.4 Å². The Morgan fingerprint density at radius 3 is 2.45 bits per heavy atom. The first-order valence-corrected chi connectivity index (χ1v) is 14.8. The maximum absolute atomic E-state index is 6.91. The van der Waals surface area contributed by atoms with Gasteiger partial charge in [0.1, 0.15) is 5.75 Å². The number of nitrogens with zero attached hydrogens (tertiary/aromatic N) is 2. The van der Waals surface area contributed by atoms with Crippen molar-refractivity contribution in [3.8, 4) is 46.0 Å². The van der Waals surface area contributed by atoms with Gasteiger partial charge >= 0.3 is 0 Å². The fourth-order valence-corrected chi connectivity index (χ4v) is 6.56. The molecule has 0 fully saturated rings. The van der Waals surface area contributed by atoms with Gasteiger partial charge in [0.2, 0.25) is 12.5 Å². The molecule has 0 N–H and O–H groups in total. The third-order valence-electron chi connectivity index (χ3n) is 8.87. The molecule has 0 unspecified atom stereocenters. The van der Waals surface area contributed by atoms with Crippen LogP contribution < -0.4 is 28.4 Å². The van der Waals surface area contributed by atoms with Crippen molar-refractivity contribution in [2.75, 3.05) is 34.6 Å². The number of pyridine rings is 1. The number of benzene rings is 4. The van der Waals surface area contributed by atoms with Crippen molar-refractivity contribution < 1.29 is 28.4 Å². The van der Waals surface area contributed by atoms with Gasteiger partial charge in [0, 0.05) is 36.2 Å². The van der Waals surface area contributed by atoms with Gasteiger partial charge in [0.25, 0.3) is 0 Å². The van der Waals surface area contributed by atoms with Gasteiger partial charge < -0.3 is 28.4 Å². The third kappa shape index (κ3) is 4.53. The first-order valence-electron chi connectivity index (χ1n) is 14.8. The van der Waals surface area contributed by atoms with Crippen molar-refractivity contribution in [1.29, 1.82) is 0 Å². The molecule has 44 heavy (non-hydrogen) atoms. The summed E-state index contributed by atoms with van der Waals surface area (Å²) in [6.45, 7) is 1.08. The molecule has 0 saturated carbocycles. The van der Waals surface area contributed by atoms with Crippen molar-refractivity contribution in [1.82, 2.24) is 9.88 Å². The molecule has 0 aliphatic carbocycles. The van der Waals surface area contributed by atoms with Crippen LogP contribution in [0.1, 0.15) is 34.0 Å². The van der Waals surface area contributed by atoms with Crippen LogP contribution in [0, 0.1) is 0 Å². The summed E-state index contributed by atoms with van der Waals surface area (Å²) in [6, 6.07) is 22.5. The predicted octanol–water partition coefficient (Wildman–Crippen LogP) is 7.24. The number of rotatable bonds is 2. The molecule has 0 amide bonds. The zero-order chi connectivity index (χ0) is 29.8. The maximum Gasteiger partial charge on any atom is 0.231 e. The van der Waals surface area contributed by atoms with Gasteiger partial charge in [-0.3, -0.25) is 9.88 Å². The van der Waals surface area contributed by atoms with Gasteiger partial charge in [-0.1, -0.05) is 18.2 Å². The van der Waals surface area contributed by atoms with Crippen LogP contribution >= 0.6 is 0 Å². The third-order valence-corrected chi connectivity index (χ3v) is 8.87. The largest absolute Gasteiger partial charge is 0.493 e. The van der Waals surface area contributed by atoms with E-state index in [2.05, 4.69) is 30.1 Å². The summed E-state index contributed by atoms with van der Waals surface area (Å²) in [5.74, 6) is 5.31. The second-order valence-electron chi connectivity index (χ2n) is 11.5. The highest BCUT2D eigenvalue weighted by Crippen LogP contribution is 2.52. The first kappa shape index (κ1) is 26.7. The van der Waals surface area contributed by atoms with Crippen LogP contribution in [-0.2, 0) is 19.3 Å². The highest BCUT2D eigenvalue weighted by Gasteiger charge is 2.35. The molecule has 6 bridgehead atoms. The molecule has 9 rings (SSSR count). The lowest BCUT2D eigenvalue weighted by molar-refractivity contribution is 0.171. The second kappa shape index (κ2) is 10.6. The molecule has 0 saturated heterocycles. The van der Waals surface area contributed by atoms with Crippen molar-refractivity contribution in [3.63, 3.8) is 0 Å². The average molecular weight is 589 g/mol. The van der Waals surface area contributed by atoms with Gasteiger partial charge in [0.15, 0.2) is 34.5 Å². The highest BCUT2D eigenvalue weighted by atomic mass is 16.7. The maximum atomic E-state index is 6.91. The zero-order valence-electron chi connectivity index (χ0n) is 24.9. The topological polar surface area (TPSA) is 71.5 Å². The summed E-state index contributed by atoms with van der Waals surface area (Å²) in [7, 11) is 5.49. The van der Waals surface area contributed by atoms with E-state index >= 15 is 0 Å². The Balaban J connectivity index is 1.36. The molecule has 1 atom stereocenters. The molecule has 0 radical (unpaired) electrons. The Kier molecular flexibility index (Phi) is 6.45. The van der Waals surface area contributed by atoms with Crippen LogP contribution in [0.3, 0.4) is 0 Å². The van der Waals surface area contributed by atoms with E-state index in [9.17, 15) is 0 Å². The van der Waals surface area contributed by atoms with Gasteiger partial charge in [-0.15, -0.1) is 0 Å². The van der Waals surface area contributed by atoms with E-state index in [-0.39, 0.29) is 12.8 Å². The number of likely N-dealkylation sites (N-methyl/N-ethyl adjacent to an activating group) is 1. The quantitative estimate of drug-likeness (QED) is 0.214. The monoisotopic (exact) mass is 588 g/mol. The van der Waals surface area contributed by atoms with Gasteiger partial charge in [0.05, 0.1) is 19.9 Å². The molecule has 4 aliphatic heterocycles. The molecule has 5 heterocycles. The number of hydrogen-bond donors (Lipinski definition) is 0. The van der Waals surface area contributed by atoms with Crippen LogP contribution in [0.2, 0.25) is 0 Å².